The first kappa shape index (κ1) is 26.1. The molecule has 3 heterocycles. The van der Waals surface area contributed by atoms with Crippen molar-refractivity contribution in [3.63, 3.8) is 0 Å². The number of carbonyl (C=O) groups excluding carboxylic acids is 2. The van der Waals surface area contributed by atoms with Crippen molar-refractivity contribution in [3.05, 3.63) is 22.4 Å². The van der Waals surface area contributed by atoms with Gasteiger partial charge < -0.3 is 14.7 Å². The predicted octanol–water partition coefficient (Wildman–Crippen LogP) is 3.51. The second kappa shape index (κ2) is 10.7. The molecule has 3 rings (SSSR count). The van der Waals surface area contributed by atoms with E-state index in [9.17, 15) is 22.8 Å². The van der Waals surface area contributed by atoms with Crippen molar-refractivity contribution in [1.29, 1.82) is 0 Å². The lowest BCUT2D eigenvalue weighted by molar-refractivity contribution is -0.192. The molecular weight excluding hydrogens is 449 g/mol. The van der Waals surface area contributed by atoms with Crippen LogP contribution in [-0.4, -0.2) is 77.8 Å². The molecule has 1 aromatic heterocycles. The highest BCUT2D eigenvalue weighted by Crippen LogP contribution is 2.44. The van der Waals surface area contributed by atoms with Crippen LogP contribution in [0.2, 0.25) is 0 Å². The summed E-state index contributed by atoms with van der Waals surface area (Å²) in [4.78, 5) is 38.9. The lowest BCUT2D eigenvalue weighted by Gasteiger charge is -2.31. The Morgan fingerprint density at radius 3 is 2.47 bits per heavy atom. The van der Waals surface area contributed by atoms with Gasteiger partial charge in [-0.05, 0) is 45.1 Å². The summed E-state index contributed by atoms with van der Waals surface area (Å²) in [7, 11) is 0. The molecule has 0 unspecified atom stereocenters. The van der Waals surface area contributed by atoms with Gasteiger partial charge in [-0.1, -0.05) is 0 Å². The Morgan fingerprint density at radius 1 is 1.31 bits per heavy atom. The van der Waals surface area contributed by atoms with E-state index >= 15 is 0 Å². The minimum absolute atomic E-state index is 0.0759. The summed E-state index contributed by atoms with van der Waals surface area (Å²) in [6, 6.07) is 2.27. The van der Waals surface area contributed by atoms with Gasteiger partial charge in [0.05, 0.1) is 17.6 Å². The Kier molecular flexibility index (Phi) is 8.69. The zero-order valence-corrected chi connectivity index (χ0v) is 19.2. The summed E-state index contributed by atoms with van der Waals surface area (Å²) in [5, 5.41) is 11.0. The normalized spacial score (nSPS) is 23.7. The number of ether oxygens (including phenoxy) is 1. The van der Waals surface area contributed by atoms with E-state index < -0.39 is 17.6 Å². The molecule has 2 fully saturated rings. The molecule has 2 aliphatic heterocycles. The van der Waals surface area contributed by atoms with E-state index in [-0.39, 0.29) is 17.8 Å². The molecule has 1 N–H and O–H groups in total. The van der Waals surface area contributed by atoms with Gasteiger partial charge in [-0.25, -0.2) is 4.79 Å². The van der Waals surface area contributed by atoms with Crippen LogP contribution >= 0.6 is 11.3 Å². The fourth-order valence-corrected chi connectivity index (χ4v) is 4.86. The number of alkyl halides is 3. The molecule has 11 heteroatoms. The van der Waals surface area contributed by atoms with Crippen LogP contribution in [0.3, 0.4) is 0 Å². The first-order chi connectivity index (χ1) is 14.9. The second-order valence-corrected chi connectivity index (χ2v) is 9.05. The molecule has 1 amide bonds. The number of carboxylic acid groups (broad SMARTS) is 1. The highest BCUT2D eigenvalue weighted by molar-refractivity contribution is 7.08. The number of amides is 1. The molecule has 0 radical (unpaired) electrons. The van der Waals surface area contributed by atoms with Crippen molar-refractivity contribution in [2.75, 3.05) is 32.8 Å². The van der Waals surface area contributed by atoms with Crippen LogP contribution in [0.15, 0.2) is 16.8 Å². The summed E-state index contributed by atoms with van der Waals surface area (Å²) in [6.45, 7) is 9.55. The minimum Gasteiger partial charge on any atom is -0.475 e. The number of nitrogens with zero attached hydrogens (tertiary/aromatic N) is 2. The SMILES string of the molecule is CCOC(=O)[C@]12CCCN(C(=O)c3ccsc3)C[C@H]1CN(C(C)C)C2.O=C(O)C(F)(F)F. The number of halogens is 3. The number of rotatable bonds is 4. The van der Waals surface area contributed by atoms with Gasteiger partial charge in [-0.15, -0.1) is 0 Å². The molecule has 0 saturated carbocycles. The zero-order valence-electron chi connectivity index (χ0n) is 18.4. The first-order valence-corrected chi connectivity index (χ1v) is 11.4. The Bertz CT molecular complexity index is 800. The maximum absolute atomic E-state index is 12.9. The monoisotopic (exact) mass is 478 g/mol. The van der Waals surface area contributed by atoms with Crippen molar-refractivity contribution < 1.29 is 37.4 Å². The second-order valence-electron chi connectivity index (χ2n) is 8.27. The van der Waals surface area contributed by atoms with Gasteiger partial charge in [-0.2, -0.15) is 24.5 Å². The number of thiophene rings is 1. The lowest BCUT2D eigenvalue weighted by atomic mass is 9.75. The molecular formula is C21H29F3N2O5S. The molecule has 2 saturated heterocycles. The van der Waals surface area contributed by atoms with Gasteiger partial charge in [0.15, 0.2) is 0 Å². The molecule has 2 aliphatic rings. The summed E-state index contributed by atoms with van der Waals surface area (Å²) in [5.74, 6) is -2.61. The summed E-state index contributed by atoms with van der Waals surface area (Å²) in [6.07, 6.45) is -3.44. The molecule has 1 aromatic rings. The lowest BCUT2D eigenvalue weighted by Crippen LogP contribution is -2.43. The highest BCUT2D eigenvalue weighted by atomic mass is 32.1. The quantitative estimate of drug-likeness (QED) is 0.667. The van der Waals surface area contributed by atoms with Crippen molar-refractivity contribution in [1.82, 2.24) is 9.80 Å². The van der Waals surface area contributed by atoms with Crippen LogP contribution in [0.4, 0.5) is 13.2 Å². The smallest absolute Gasteiger partial charge is 0.475 e. The Balaban J connectivity index is 0.000000451. The number of likely N-dealkylation sites (tertiary alicyclic amines) is 2. The van der Waals surface area contributed by atoms with E-state index in [4.69, 9.17) is 14.6 Å². The third kappa shape index (κ3) is 6.00. The maximum atomic E-state index is 12.9. The number of fused-ring (bicyclic) bond motifs is 1. The van der Waals surface area contributed by atoms with Gasteiger partial charge in [0.1, 0.15) is 0 Å². The maximum Gasteiger partial charge on any atom is 0.490 e. The number of esters is 1. The molecule has 0 aliphatic carbocycles. The van der Waals surface area contributed by atoms with Gasteiger partial charge in [-0.3, -0.25) is 14.5 Å². The minimum atomic E-state index is -5.08. The van der Waals surface area contributed by atoms with E-state index in [0.717, 1.165) is 31.5 Å². The molecule has 0 bridgehead atoms. The molecule has 32 heavy (non-hydrogen) atoms. The third-order valence-electron chi connectivity index (χ3n) is 5.92. The van der Waals surface area contributed by atoms with E-state index in [1.807, 2.05) is 28.7 Å². The van der Waals surface area contributed by atoms with Crippen molar-refractivity contribution in [2.45, 2.75) is 45.8 Å². The van der Waals surface area contributed by atoms with E-state index in [1.165, 1.54) is 0 Å². The largest absolute Gasteiger partial charge is 0.490 e. The van der Waals surface area contributed by atoms with Gasteiger partial charge in [0.25, 0.3) is 5.91 Å². The number of hydrogen-bond donors (Lipinski definition) is 1. The molecule has 0 spiro atoms. The average molecular weight is 479 g/mol. The highest BCUT2D eigenvalue weighted by Gasteiger charge is 2.54. The molecule has 180 valence electrons. The summed E-state index contributed by atoms with van der Waals surface area (Å²) >= 11 is 1.54. The molecule has 2 atom stereocenters. The molecule has 0 aromatic carbocycles. The van der Waals surface area contributed by atoms with Crippen LogP contribution in [0, 0.1) is 11.3 Å². The van der Waals surface area contributed by atoms with Crippen LogP contribution in [0.5, 0.6) is 0 Å². The standard InChI is InChI=1S/C19H28N2O3S.C2HF3O2/c1-4-24-18(23)19-7-5-8-20(17(22)15-6-9-25-12-15)10-16(19)11-21(13-19)14(2)3;3-2(4,5)1(6)7/h6,9,12,14,16H,4-5,7-8,10-11,13H2,1-3H3;(H,6,7)/t16-,19-;/m0./s1. The summed E-state index contributed by atoms with van der Waals surface area (Å²) < 4.78 is 37.2. The van der Waals surface area contributed by atoms with E-state index in [0.29, 0.717) is 25.7 Å². The topological polar surface area (TPSA) is 87.2 Å². The Hall–Kier alpha value is -2.14. The average Bonchev–Trinajstić information content (AvgIpc) is 3.33. The summed E-state index contributed by atoms with van der Waals surface area (Å²) in [5.41, 5.74) is 0.289. The Morgan fingerprint density at radius 2 is 1.97 bits per heavy atom. The number of hydrogen-bond acceptors (Lipinski definition) is 6. The Labute approximate surface area is 189 Å². The van der Waals surface area contributed by atoms with Gasteiger partial charge in [0.2, 0.25) is 0 Å². The third-order valence-corrected chi connectivity index (χ3v) is 6.61. The van der Waals surface area contributed by atoms with Crippen LogP contribution < -0.4 is 0 Å². The van der Waals surface area contributed by atoms with Crippen LogP contribution in [-0.2, 0) is 14.3 Å². The number of carboxylic acids is 1. The van der Waals surface area contributed by atoms with Gasteiger partial charge >= 0.3 is 18.1 Å². The fourth-order valence-electron chi connectivity index (χ4n) is 4.23. The number of carbonyl (C=O) groups is 3. The predicted molar refractivity (Wildman–Crippen MR) is 112 cm³/mol. The van der Waals surface area contributed by atoms with E-state index in [2.05, 4.69) is 18.7 Å². The van der Waals surface area contributed by atoms with Gasteiger partial charge in [0, 0.05) is 43.5 Å². The number of aliphatic carboxylic acids is 1. The van der Waals surface area contributed by atoms with E-state index in [1.54, 1.807) is 11.3 Å². The fraction of sp³-hybridized carbons (Fsp3) is 0.667. The zero-order chi connectivity index (χ0) is 24.1. The van der Waals surface area contributed by atoms with Crippen LogP contribution in [0.1, 0.15) is 44.0 Å². The first-order valence-electron chi connectivity index (χ1n) is 10.4. The van der Waals surface area contributed by atoms with Crippen molar-refractivity contribution >= 4 is 29.2 Å². The molecule has 7 nitrogen and oxygen atoms in total. The van der Waals surface area contributed by atoms with Crippen LogP contribution in [0.25, 0.3) is 0 Å². The van der Waals surface area contributed by atoms with Crippen molar-refractivity contribution in [3.8, 4) is 0 Å². The van der Waals surface area contributed by atoms with Crippen molar-refractivity contribution in [2.24, 2.45) is 11.3 Å².